The van der Waals surface area contributed by atoms with E-state index in [4.69, 9.17) is 9.47 Å². The molecule has 0 aliphatic rings. The number of carbonyl (C=O) groups is 2. The Balaban J connectivity index is 1.66. The van der Waals surface area contributed by atoms with E-state index < -0.39 is 0 Å². The van der Waals surface area contributed by atoms with Crippen LogP contribution in [-0.2, 0) is 32.3 Å². The fraction of sp³-hybridized carbons (Fsp3) is 0.500. The molecule has 2 aromatic carbocycles. The van der Waals surface area contributed by atoms with Gasteiger partial charge in [-0.3, -0.25) is 9.59 Å². The molecular formula is C28H39FN2O4. The second kappa shape index (κ2) is 15.9. The average molecular weight is 487 g/mol. The van der Waals surface area contributed by atoms with Gasteiger partial charge < -0.3 is 19.7 Å². The van der Waals surface area contributed by atoms with Crippen molar-refractivity contribution >= 4 is 23.3 Å². The van der Waals surface area contributed by atoms with Crippen molar-refractivity contribution in [2.75, 3.05) is 30.9 Å². The lowest BCUT2D eigenvalue weighted by Gasteiger charge is -2.19. The number of carbonyl (C=O) groups excluding carboxylic acids is 2. The third-order valence-electron chi connectivity index (χ3n) is 5.58. The highest BCUT2D eigenvalue weighted by atomic mass is 19.1. The number of esters is 1. The summed E-state index contributed by atoms with van der Waals surface area (Å²) in [7, 11) is 3.85. The van der Waals surface area contributed by atoms with E-state index in [9.17, 15) is 14.0 Å². The maximum absolute atomic E-state index is 13.5. The van der Waals surface area contributed by atoms with Gasteiger partial charge in [-0.2, -0.15) is 0 Å². The number of halogens is 1. The van der Waals surface area contributed by atoms with Crippen LogP contribution < -0.4 is 10.2 Å². The molecule has 0 saturated heterocycles. The Hall–Kier alpha value is -2.93. The third-order valence-corrected chi connectivity index (χ3v) is 5.58. The van der Waals surface area contributed by atoms with E-state index in [0.29, 0.717) is 31.6 Å². The smallest absolute Gasteiger partial charge is 0.306 e. The summed E-state index contributed by atoms with van der Waals surface area (Å²) in [6, 6.07) is 12.4. The summed E-state index contributed by atoms with van der Waals surface area (Å²) >= 11 is 0. The molecule has 7 heteroatoms. The van der Waals surface area contributed by atoms with Crippen LogP contribution in [0.15, 0.2) is 42.5 Å². The van der Waals surface area contributed by atoms with Crippen molar-refractivity contribution in [3.8, 4) is 0 Å². The summed E-state index contributed by atoms with van der Waals surface area (Å²) in [5.41, 5.74) is 3.04. The van der Waals surface area contributed by atoms with Crippen LogP contribution in [-0.4, -0.2) is 32.6 Å². The Kier molecular flexibility index (Phi) is 12.8. The molecule has 2 aromatic rings. The molecular weight excluding hydrogens is 447 g/mol. The number of rotatable bonds is 16. The van der Waals surface area contributed by atoms with Gasteiger partial charge in [0, 0.05) is 39.1 Å². The van der Waals surface area contributed by atoms with Gasteiger partial charge in [0.2, 0.25) is 5.91 Å². The first-order valence-corrected chi connectivity index (χ1v) is 12.5. The van der Waals surface area contributed by atoms with Crippen LogP contribution in [0.5, 0.6) is 0 Å². The molecule has 0 fully saturated rings. The number of unbranched alkanes of at least 4 members (excludes halogenated alkanes) is 4. The van der Waals surface area contributed by atoms with Crippen molar-refractivity contribution in [2.24, 2.45) is 0 Å². The molecule has 0 heterocycles. The van der Waals surface area contributed by atoms with Crippen molar-refractivity contribution < 1.29 is 23.5 Å². The third kappa shape index (κ3) is 10.9. The Bertz CT molecular complexity index is 933. The fourth-order valence-corrected chi connectivity index (χ4v) is 3.63. The van der Waals surface area contributed by atoms with Crippen LogP contribution in [0.25, 0.3) is 0 Å². The molecule has 0 radical (unpaired) electrons. The first-order valence-electron chi connectivity index (χ1n) is 12.5. The quantitative estimate of drug-likeness (QED) is 0.225. The number of nitrogens with one attached hydrogen (secondary N) is 1. The van der Waals surface area contributed by atoms with E-state index in [0.717, 1.165) is 55.5 Å². The van der Waals surface area contributed by atoms with Crippen molar-refractivity contribution in [2.45, 2.75) is 71.5 Å². The molecule has 0 aliphatic carbocycles. The van der Waals surface area contributed by atoms with Gasteiger partial charge in [0.1, 0.15) is 12.4 Å². The van der Waals surface area contributed by atoms with Gasteiger partial charge in [-0.25, -0.2) is 4.39 Å². The lowest BCUT2D eigenvalue weighted by atomic mass is 10.1. The van der Waals surface area contributed by atoms with E-state index in [1.54, 1.807) is 18.2 Å². The highest BCUT2D eigenvalue weighted by Crippen LogP contribution is 2.26. The number of benzene rings is 2. The largest absolute Gasteiger partial charge is 0.461 e. The van der Waals surface area contributed by atoms with E-state index in [2.05, 4.69) is 5.32 Å². The first kappa shape index (κ1) is 28.3. The number of ether oxygens (including phenoxy) is 2. The molecule has 0 bridgehead atoms. The average Bonchev–Trinajstić information content (AvgIpc) is 2.83. The Morgan fingerprint density at radius 2 is 1.69 bits per heavy atom. The SMILES string of the molecule is CCCC(=O)OCc1ccc(N(C)C)c(NC(=O)CCCCCCCOCc2ccccc2F)c1. The van der Waals surface area contributed by atoms with Crippen molar-refractivity contribution in [1.29, 1.82) is 0 Å². The van der Waals surface area contributed by atoms with E-state index >= 15 is 0 Å². The normalized spacial score (nSPS) is 10.7. The Morgan fingerprint density at radius 3 is 2.43 bits per heavy atom. The second-order valence-electron chi connectivity index (χ2n) is 8.87. The molecule has 1 amide bonds. The molecule has 0 aliphatic heterocycles. The highest BCUT2D eigenvalue weighted by molar-refractivity contribution is 5.94. The maximum atomic E-state index is 13.5. The topological polar surface area (TPSA) is 67.9 Å². The summed E-state index contributed by atoms with van der Waals surface area (Å²) in [6.45, 7) is 3.03. The second-order valence-corrected chi connectivity index (χ2v) is 8.87. The number of nitrogens with zero attached hydrogens (tertiary/aromatic N) is 1. The van der Waals surface area contributed by atoms with Crippen molar-refractivity contribution in [3.05, 3.63) is 59.4 Å². The summed E-state index contributed by atoms with van der Waals surface area (Å²) in [5.74, 6) is -0.474. The molecule has 0 saturated carbocycles. The van der Waals surface area contributed by atoms with Crippen LogP contribution in [0.2, 0.25) is 0 Å². The minimum absolute atomic E-state index is 0.0264. The van der Waals surface area contributed by atoms with Gasteiger partial charge in [0.05, 0.1) is 18.0 Å². The Labute approximate surface area is 208 Å². The predicted molar refractivity (Wildman–Crippen MR) is 138 cm³/mol. The number of hydrogen-bond acceptors (Lipinski definition) is 5. The van der Waals surface area contributed by atoms with Crippen LogP contribution in [0, 0.1) is 5.82 Å². The van der Waals surface area contributed by atoms with Crippen LogP contribution in [0.4, 0.5) is 15.8 Å². The minimum atomic E-state index is -0.231. The summed E-state index contributed by atoms with van der Waals surface area (Å²) < 4.78 is 24.4. The Morgan fingerprint density at radius 1 is 0.943 bits per heavy atom. The zero-order valence-electron chi connectivity index (χ0n) is 21.3. The van der Waals surface area contributed by atoms with Crippen LogP contribution in [0.3, 0.4) is 0 Å². The molecule has 192 valence electrons. The van der Waals surface area contributed by atoms with Gasteiger partial charge in [-0.1, -0.05) is 50.5 Å². The molecule has 6 nitrogen and oxygen atoms in total. The molecule has 2 rings (SSSR count). The predicted octanol–water partition coefficient (Wildman–Crippen LogP) is 6.23. The van der Waals surface area contributed by atoms with Crippen LogP contribution in [0.1, 0.15) is 69.4 Å². The van der Waals surface area contributed by atoms with Crippen molar-refractivity contribution in [3.63, 3.8) is 0 Å². The van der Waals surface area contributed by atoms with Gasteiger partial charge in [-0.05, 0) is 43.0 Å². The van der Waals surface area contributed by atoms with E-state index in [1.165, 1.54) is 6.07 Å². The lowest BCUT2D eigenvalue weighted by Crippen LogP contribution is -2.17. The number of amides is 1. The maximum Gasteiger partial charge on any atom is 0.306 e. The monoisotopic (exact) mass is 486 g/mol. The molecule has 35 heavy (non-hydrogen) atoms. The standard InChI is InChI=1S/C28H39FN2O4/c1-4-12-28(33)35-20-22-16-17-26(31(2)3)25(19-22)30-27(32)15-8-6-5-7-11-18-34-21-23-13-9-10-14-24(23)29/h9-10,13-14,16-17,19H,4-8,11-12,15,18,20-21H2,1-3H3,(H,30,32). The number of anilines is 2. The zero-order valence-corrected chi connectivity index (χ0v) is 21.3. The first-order chi connectivity index (χ1) is 16.9. The molecule has 0 aromatic heterocycles. The van der Waals surface area contributed by atoms with E-state index in [-0.39, 0.29) is 24.3 Å². The van der Waals surface area contributed by atoms with Crippen LogP contribution >= 0.6 is 0 Å². The van der Waals surface area contributed by atoms with E-state index in [1.807, 2.05) is 44.1 Å². The molecule has 0 unspecified atom stereocenters. The highest BCUT2D eigenvalue weighted by Gasteiger charge is 2.11. The molecule has 0 atom stereocenters. The summed E-state index contributed by atoms with van der Waals surface area (Å²) in [6.07, 6.45) is 6.35. The fourth-order valence-electron chi connectivity index (χ4n) is 3.63. The summed E-state index contributed by atoms with van der Waals surface area (Å²) in [5, 5.41) is 3.01. The number of hydrogen-bond donors (Lipinski definition) is 1. The zero-order chi connectivity index (χ0) is 25.5. The molecule has 0 spiro atoms. The lowest BCUT2D eigenvalue weighted by molar-refractivity contribution is -0.145. The van der Waals surface area contributed by atoms with Gasteiger partial charge in [-0.15, -0.1) is 0 Å². The van der Waals surface area contributed by atoms with Crippen molar-refractivity contribution in [1.82, 2.24) is 0 Å². The minimum Gasteiger partial charge on any atom is -0.461 e. The molecule has 1 N–H and O–H groups in total. The van der Waals surface area contributed by atoms with Gasteiger partial charge in [0.25, 0.3) is 0 Å². The van der Waals surface area contributed by atoms with Gasteiger partial charge in [0.15, 0.2) is 0 Å². The van der Waals surface area contributed by atoms with Gasteiger partial charge >= 0.3 is 5.97 Å². The summed E-state index contributed by atoms with van der Waals surface area (Å²) in [4.78, 5) is 26.1.